The topological polar surface area (TPSA) is 51.2 Å². The molecule has 29 heavy (non-hydrogen) atoms. The summed E-state index contributed by atoms with van der Waals surface area (Å²) in [4.78, 5) is 18.2. The first kappa shape index (κ1) is 19.9. The first-order valence-corrected chi connectivity index (χ1v) is 10.4. The van der Waals surface area contributed by atoms with Gasteiger partial charge in [0.2, 0.25) is 0 Å². The number of benzene rings is 2. The van der Waals surface area contributed by atoms with Crippen LogP contribution in [0.3, 0.4) is 0 Å². The van der Waals surface area contributed by atoms with Crippen LogP contribution in [-0.4, -0.2) is 30.1 Å². The number of pyridine rings is 1. The van der Waals surface area contributed by atoms with Gasteiger partial charge in [-0.25, -0.2) is 4.98 Å². The minimum atomic E-state index is -0.0846. The summed E-state index contributed by atoms with van der Waals surface area (Å²) in [5.41, 5.74) is 6.23. The fourth-order valence-corrected chi connectivity index (χ4v) is 4.31. The summed E-state index contributed by atoms with van der Waals surface area (Å²) in [5.74, 6) is -0.0846. The van der Waals surface area contributed by atoms with Gasteiger partial charge in [0.25, 0.3) is 5.91 Å². The van der Waals surface area contributed by atoms with E-state index in [1.807, 2.05) is 51.1 Å². The lowest BCUT2D eigenvalue weighted by Crippen LogP contribution is -2.32. The zero-order chi connectivity index (χ0) is 20.5. The Morgan fingerprint density at radius 3 is 2.79 bits per heavy atom. The van der Waals surface area contributed by atoms with Crippen molar-refractivity contribution in [2.45, 2.75) is 39.7 Å². The van der Waals surface area contributed by atoms with Crippen molar-refractivity contribution >= 4 is 28.4 Å². The molecule has 1 N–H and O–H groups in total. The van der Waals surface area contributed by atoms with Gasteiger partial charge in [0, 0.05) is 29.1 Å². The van der Waals surface area contributed by atoms with Gasteiger partial charge >= 0.3 is 0 Å². The molecule has 5 heteroatoms. The van der Waals surface area contributed by atoms with Crippen LogP contribution in [0.25, 0.3) is 22.2 Å². The maximum atomic E-state index is 13.3. The first-order valence-electron chi connectivity index (χ1n) is 10.0. The molecule has 1 fully saturated rings. The van der Waals surface area contributed by atoms with Crippen molar-refractivity contribution in [2.24, 2.45) is 0 Å². The Hall–Kier alpha value is -2.43. The zero-order valence-electron chi connectivity index (χ0n) is 17.0. The monoisotopic (exact) mass is 408 g/mol. The third kappa shape index (κ3) is 4.00. The molecule has 0 radical (unpaired) electrons. The number of nitrogens with zero attached hydrogens (tertiary/aromatic N) is 1. The normalized spacial score (nSPS) is 16.3. The van der Waals surface area contributed by atoms with Gasteiger partial charge in [0.05, 0.1) is 22.9 Å². The predicted molar refractivity (Wildman–Crippen MR) is 118 cm³/mol. The van der Waals surface area contributed by atoms with Crippen molar-refractivity contribution in [3.05, 3.63) is 63.7 Å². The maximum Gasteiger partial charge on any atom is 0.252 e. The van der Waals surface area contributed by atoms with Crippen molar-refractivity contribution in [3.8, 4) is 11.3 Å². The first-order chi connectivity index (χ1) is 13.9. The Balaban J connectivity index is 1.85. The van der Waals surface area contributed by atoms with E-state index in [-0.39, 0.29) is 12.0 Å². The fraction of sp³-hybridized carbons (Fsp3) is 0.333. The number of hydrogen-bond acceptors (Lipinski definition) is 3. The smallest absolute Gasteiger partial charge is 0.252 e. The molecule has 1 amide bonds. The van der Waals surface area contributed by atoms with E-state index in [9.17, 15) is 4.79 Å². The van der Waals surface area contributed by atoms with E-state index >= 15 is 0 Å². The number of fused-ring (bicyclic) bond motifs is 1. The Morgan fingerprint density at radius 2 is 2.07 bits per heavy atom. The molecule has 0 saturated carbocycles. The summed E-state index contributed by atoms with van der Waals surface area (Å²) in [6.07, 6.45) is 2.14. The standard InChI is InChI=1S/C24H25ClN2O2/c1-14-10-15(2)22-20(11-14)21(24(28)26-13-19-8-5-9-29-19)16(3)23(27-22)17-6-4-7-18(25)12-17/h4,6-7,10-12,19H,5,8-9,13H2,1-3H3,(H,26,28). The average Bonchev–Trinajstić information content (AvgIpc) is 3.19. The highest BCUT2D eigenvalue weighted by atomic mass is 35.5. The summed E-state index contributed by atoms with van der Waals surface area (Å²) in [6, 6.07) is 11.8. The van der Waals surface area contributed by atoms with E-state index in [2.05, 4.69) is 11.4 Å². The van der Waals surface area contributed by atoms with E-state index in [0.29, 0.717) is 17.1 Å². The molecule has 1 aromatic heterocycles. The number of rotatable bonds is 4. The molecule has 1 aliphatic rings. The number of ether oxygens (including phenoxy) is 1. The second kappa shape index (κ2) is 8.13. The largest absolute Gasteiger partial charge is 0.376 e. The Kier molecular flexibility index (Phi) is 5.57. The van der Waals surface area contributed by atoms with Crippen LogP contribution in [0.5, 0.6) is 0 Å². The van der Waals surface area contributed by atoms with E-state index < -0.39 is 0 Å². The van der Waals surface area contributed by atoms with Gasteiger partial charge in [0.1, 0.15) is 0 Å². The van der Waals surface area contributed by atoms with Crippen LogP contribution in [0.1, 0.15) is 39.9 Å². The molecule has 2 aromatic carbocycles. The highest BCUT2D eigenvalue weighted by Crippen LogP contribution is 2.32. The Labute approximate surface area is 176 Å². The Bertz CT molecular complexity index is 1090. The summed E-state index contributed by atoms with van der Waals surface area (Å²) in [7, 11) is 0. The lowest BCUT2D eigenvalue weighted by Gasteiger charge is -2.17. The summed E-state index contributed by atoms with van der Waals surface area (Å²) >= 11 is 6.22. The quantitative estimate of drug-likeness (QED) is 0.629. The van der Waals surface area contributed by atoms with Gasteiger partial charge in [-0.3, -0.25) is 4.79 Å². The van der Waals surface area contributed by atoms with Gasteiger partial charge in [-0.05, 0) is 62.9 Å². The average molecular weight is 409 g/mol. The van der Waals surface area contributed by atoms with Crippen LogP contribution >= 0.6 is 11.6 Å². The number of hydrogen-bond donors (Lipinski definition) is 1. The molecular formula is C24H25ClN2O2. The minimum Gasteiger partial charge on any atom is -0.376 e. The minimum absolute atomic E-state index is 0.0846. The van der Waals surface area contributed by atoms with E-state index in [1.54, 1.807) is 0 Å². The summed E-state index contributed by atoms with van der Waals surface area (Å²) in [5, 5.41) is 4.62. The van der Waals surface area contributed by atoms with Gasteiger partial charge in [-0.1, -0.05) is 35.4 Å². The van der Waals surface area contributed by atoms with Crippen LogP contribution in [0, 0.1) is 20.8 Å². The van der Waals surface area contributed by atoms with Gasteiger partial charge < -0.3 is 10.1 Å². The van der Waals surface area contributed by atoms with Crippen molar-refractivity contribution in [2.75, 3.05) is 13.2 Å². The van der Waals surface area contributed by atoms with Crippen molar-refractivity contribution in [3.63, 3.8) is 0 Å². The van der Waals surface area contributed by atoms with Gasteiger partial charge in [-0.2, -0.15) is 0 Å². The van der Waals surface area contributed by atoms with E-state index in [1.165, 1.54) is 0 Å². The molecule has 3 aromatic rings. The number of aromatic nitrogens is 1. The molecule has 2 heterocycles. The van der Waals surface area contributed by atoms with E-state index in [4.69, 9.17) is 21.3 Å². The molecular weight excluding hydrogens is 384 g/mol. The second-order valence-electron chi connectivity index (χ2n) is 7.79. The van der Waals surface area contributed by atoms with Crippen LogP contribution in [0.2, 0.25) is 5.02 Å². The fourth-order valence-electron chi connectivity index (χ4n) is 4.12. The van der Waals surface area contributed by atoms with Gasteiger partial charge in [0.15, 0.2) is 0 Å². The predicted octanol–water partition coefficient (Wildman–Crippen LogP) is 5.39. The molecule has 150 valence electrons. The lowest BCUT2D eigenvalue weighted by atomic mass is 9.94. The Morgan fingerprint density at radius 1 is 1.24 bits per heavy atom. The molecule has 0 bridgehead atoms. The van der Waals surface area contributed by atoms with Crippen LogP contribution < -0.4 is 5.32 Å². The number of carbonyl (C=O) groups excluding carboxylic acids is 1. The second-order valence-corrected chi connectivity index (χ2v) is 8.23. The van der Waals surface area contributed by atoms with Crippen LogP contribution in [0.15, 0.2) is 36.4 Å². The number of nitrogens with one attached hydrogen (secondary N) is 1. The molecule has 1 unspecified atom stereocenters. The molecule has 0 aliphatic carbocycles. The number of carbonyl (C=O) groups is 1. The van der Waals surface area contributed by atoms with Crippen molar-refractivity contribution in [1.29, 1.82) is 0 Å². The SMILES string of the molecule is Cc1cc(C)c2nc(-c3cccc(Cl)c3)c(C)c(C(=O)NCC3CCCO3)c2c1. The van der Waals surface area contributed by atoms with Gasteiger partial charge in [-0.15, -0.1) is 0 Å². The molecule has 4 nitrogen and oxygen atoms in total. The highest BCUT2D eigenvalue weighted by Gasteiger charge is 2.22. The molecule has 1 aliphatic heterocycles. The number of amides is 1. The van der Waals surface area contributed by atoms with Crippen LogP contribution in [-0.2, 0) is 4.74 Å². The molecule has 1 saturated heterocycles. The maximum absolute atomic E-state index is 13.3. The number of aryl methyl sites for hydroxylation is 2. The van der Waals surface area contributed by atoms with Crippen molar-refractivity contribution in [1.82, 2.24) is 10.3 Å². The third-order valence-corrected chi connectivity index (χ3v) is 5.74. The molecule has 1 atom stereocenters. The van der Waals surface area contributed by atoms with E-state index in [0.717, 1.165) is 58.3 Å². The van der Waals surface area contributed by atoms with Crippen molar-refractivity contribution < 1.29 is 9.53 Å². The lowest BCUT2D eigenvalue weighted by molar-refractivity contribution is 0.0858. The molecule has 0 spiro atoms. The third-order valence-electron chi connectivity index (χ3n) is 5.51. The highest BCUT2D eigenvalue weighted by molar-refractivity contribution is 6.30. The zero-order valence-corrected chi connectivity index (χ0v) is 17.8. The summed E-state index contributed by atoms with van der Waals surface area (Å²) < 4.78 is 5.66. The molecule has 4 rings (SSSR count). The van der Waals surface area contributed by atoms with Crippen LogP contribution in [0.4, 0.5) is 0 Å². The number of halogens is 1. The summed E-state index contributed by atoms with van der Waals surface area (Å²) in [6.45, 7) is 7.34.